The lowest BCUT2D eigenvalue weighted by atomic mass is 10.0. The summed E-state index contributed by atoms with van der Waals surface area (Å²) in [5, 5.41) is 15.3. The molecule has 0 saturated carbocycles. The molecule has 1 aromatic heterocycles. The number of furan rings is 1. The third kappa shape index (κ3) is 7.33. The highest BCUT2D eigenvalue weighted by atomic mass is 16.5. The van der Waals surface area contributed by atoms with Gasteiger partial charge in [-0.2, -0.15) is 0 Å². The molecule has 0 spiro atoms. The summed E-state index contributed by atoms with van der Waals surface area (Å²) in [6, 6.07) is 20.4. The Morgan fingerprint density at radius 1 is 0.909 bits per heavy atom. The number of carbonyl (C=O) groups is 3. The first-order valence-electron chi connectivity index (χ1n) is 10.7. The second-order valence-corrected chi connectivity index (χ2v) is 7.49. The van der Waals surface area contributed by atoms with Gasteiger partial charge in [0, 0.05) is 12.0 Å². The van der Waals surface area contributed by atoms with Crippen molar-refractivity contribution in [3.8, 4) is 11.3 Å². The molecule has 33 heavy (non-hydrogen) atoms. The minimum absolute atomic E-state index is 0.0138. The monoisotopic (exact) mass is 449 g/mol. The highest BCUT2D eigenvalue weighted by Gasteiger charge is 2.12. The van der Waals surface area contributed by atoms with Crippen LogP contribution in [0.5, 0.6) is 0 Å². The lowest BCUT2D eigenvalue weighted by Gasteiger charge is -2.13. The summed E-state index contributed by atoms with van der Waals surface area (Å²) in [6.07, 6.45) is 2.88. The number of nitrogens with one attached hydrogen (secondary N) is 2. The van der Waals surface area contributed by atoms with E-state index in [9.17, 15) is 19.6 Å². The number of unbranched alkanes of at least 4 members (excludes halogenated alkanes) is 1. The van der Waals surface area contributed by atoms with Crippen molar-refractivity contribution < 1.29 is 24.0 Å². The van der Waals surface area contributed by atoms with Crippen LogP contribution in [0.3, 0.4) is 0 Å². The van der Waals surface area contributed by atoms with Gasteiger partial charge >= 0.3 is 0 Å². The van der Waals surface area contributed by atoms with Crippen molar-refractivity contribution >= 4 is 18.2 Å². The second-order valence-electron chi connectivity index (χ2n) is 7.49. The van der Waals surface area contributed by atoms with Gasteiger partial charge in [-0.05, 0) is 42.5 Å². The molecule has 0 aliphatic rings. The van der Waals surface area contributed by atoms with E-state index in [4.69, 9.17) is 4.42 Å². The Bertz CT molecular complexity index is 1060. The molecule has 3 N–H and O–H groups in total. The lowest BCUT2D eigenvalue weighted by Crippen LogP contribution is -2.37. The molecule has 1 heterocycles. The number of benzene rings is 2. The maximum absolute atomic E-state index is 12.2. The molecule has 8 nitrogen and oxygen atoms in total. The van der Waals surface area contributed by atoms with Gasteiger partial charge in [-0.15, -0.1) is 0 Å². The summed E-state index contributed by atoms with van der Waals surface area (Å²) in [7, 11) is 0. The summed E-state index contributed by atoms with van der Waals surface area (Å²) in [4.78, 5) is 34.9. The number of rotatable bonds is 12. The number of hydrogen-bond donors (Lipinski definition) is 3. The second kappa shape index (κ2) is 12.2. The Morgan fingerprint density at radius 2 is 1.64 bits per heavy atom. The van der Waals surface area contributed by atoms with Crippen molar-refractivity contribution in [1.82, 2.24) is 15.7 Å². The summed E-state index contributed by atoms with van der Waals surface area (Å²) < 4.78 is 5.59. The van der Waals surface area contributed by atoms with Crippen molar-refractivity contribution in [3.63, 3.8) is 0 Å². The fraction of sp³-hybridized carbons (Fsp3) is 0.240. The van der Waals surface area contributed by atoms with Gasteiger partial charge in [0.1, 0.15) is 5.76 Å². The first-order valence-corrected chi connectivity index (χ1v) is 10.7. The molecule has 8 heteroatoms. The molecule has 3 rings (SSSR count). The third-order valence-electron chi connectivity index (χ3n) is 5.09. The highest BCUT2D eigenvalue weighted by Crippen LogP contribution is 2.21. The zero-order chi connectivity index (χ0) is 23.5. The molecule has 0 fully saturated rings. The van der Waals surface area contributed by atoms with Crippen LogP contribution in [-0.2, 0) is 22.6 Å². The average molecular weight is 450 g/mol. The predicted molar refractivity (Wildman–Crippen MR) is 122 cm³/mol. The van der Waals surface area contributed by atoms with Gasteiger partial charge in [-0.1, -0.05) is 54.6 Å². The molecule has 0 aliphatic heterocycles. The molecule has 0 atom stereocenters. The van der Waals surface area contributed by atoms with E-state index in [2.05, 4.69) is 10.6 Å². The minimum Gasteiger partial charge on any atom is -0.451 e. The quantitative estimate of drug-likeness (QED) is 0.129. The van der Waals surface area contributed by atoms with Gasteiger partial charge in [0.2, 0.25) is 12.3 Å². The summed E-state index contributed by atoms with van der Waals surface area (Å²) >= 11 is 0. The lowest BCUT2D eigenvalue weighted by molar-refractivity contribution is -0.152. The Labute approximate surface area is 192 Å². The maximum atomic E-state index is 12.2. The van der Waals surface area contributed by atoms with Crippen LogP contribution in [0.1, 0.15) is 40.9 Å². The van der Waals surface area contributed by atoms with Crippen molar-refractivity contribution in [2.24, 2.45) is 0 Å². The van der Waals surface area contributed by atoms with Gasteiger partial charge in [0.15, 0.2) is 5.76 Å². The predicted octanol–water partition coefficient (Wildman–Crippen LogP) is 3.51. The molecule has 0 aliphatic carbocycles. The van der Waals surface area contributed by atoms with Crippen LogP contribution < -0.4 is 10.6 Å². The highest BCUT2D eigenvalue weighted by molar-refractivity contribution is 5.92. The van der Waals surface area contributed by atoms with Crippen molar-refractivity contribution in [3.05, 3.63) is 83.6 Å². The zero-order valence-electron chi connectivity index (χ0n) is 18.2. The van der Waals surface area contributed by atoms with Crippen LogP contribution in [0.2, 0.25) is 0 Å². The van der Waals surface area contributed by atoms with Crippen molar-refractivity contribution in [2.75, 3.05) is 6.67 Å². The van der Waals surface area contributed by atoms with Crippen molar-refractivity contribution in [2.45, 2.75) is 32.2 Å². The summed E-state index contributed by atoms with van der Waals surface area (Å²) in [5.41, 5.74) is 2.77. The molecule has 3 amide bonds. The summed E-state index contributed by atoms with van der Waals surface area (Å²) in [6.45, 7) is 0.141. The molecule has 0 unspecified atom stereocenters. The zero-order valence-corrected chi connectivity index (χ0v) is 18.2. The van der Waals surface area contributed by atoms with E-state index in [1.807, 2.05) is 54.6 Å². The topological polar surface area (TPSA) is 112 Å². The Morgan fingerprint density at radius 3 is 2.39 bits per heavy atom. The van der Waals surface area contributed by atoms with E-state index in [1.165, 1.54) is 0 Å². The van der Waals surface area contributed by atoms with E-state index in [0.29, 0.717) is 30.1 Å². The van der Waals surface area contributed by atoms with Crippen LogP contribution in [0.25, 0.3) is 11.3 Å². The maximum Gasteiger partial charge on any atom is 0.288 e. The van der Waals surface area contributed by atoms with E-state index < -0.39 is 5.91 Å². The molecule has 172 valence electrons. The van der Waals surface area contributed by atoms with Crippen LogP contribution in [-0.4, -0.2) is 35.2 Å². The molecule has 2 aromatic carbocycles. The van der Waals surface area contributed by atoms with E-state index in [0.717, 1.165) is 29.5 Å². The van der Waals surface area contributed by atoms with E-state index in [-0.39, 0.29) is 24.9 Å². The number of hydroxylamine groups is 2. The number of carbonyl (C=O) groups excluding carboxylic acids is 3. The van der Waals surface area contributed by atoms with Gasteiger partial charge in [-0.25, -0.2) is 5.06 Å². The van der Waals surface area contributed by atoms with Crippen LogP contribution in [0.15, 0.2) is 71.1 Å². The molecule has 0 saturated heterocycles. The molecule has 0 bridgehead atoms. The van der Waals surface area contributed by atoms with Crippen molar-refractivity contribution in [1.29, 1.82) is 0 Å². The fourth-order valence-corrected chi connectivity index (χ4v) is 3.38. The van der Waals surface area contributed by atoms with E-state index >= 15 is 0 Å². The van der Waals surface area contributed by atoms with Gasteiger partial charge in [0.05, 0.1) is 13.2 Å². The molecular weight excluding hydrogens is 422 g/mol. The Hall–Kier alpha value is -3.91. The van der Waals surface area contributed by atoms with Crippen LogP contribution >= 0.6 is 0 Å². The van der Waals surface area contributed by atoms with Gasteiger partial charge in [-0.3, -0.25) is 19.6 Å². The third-order valence-corrected chi connectivity index (χ3v) is 5.09. The summed E-state index contributed by atoms with van der Waals surface area (Å²) in [5.74, 6) is 0.222. The Balaban J connectivity index is 1.35. The molecular formula is C25H27N3O5. The largest absolute Gasteiger partial charge is 0.451 e. The molecule has 3 aromatic rings. The number of hydrogen-bond acceptors (Lipinski definition) is 5. The minimum atomic E-state index is -0.401. The molecule has 0 radical (unpaired) electrons. The SMILES string of the molecule is O=CN(O)Cc1ccccc1CCCCC(=O)NCNC(=O)c1ccc(-c2ccccc2)o1. The smallest absolute Gasteiger partial charge is 0.288 e. The first kappa shape index (κ1) is 23.7. The number of aryl methyl sites for hydroxylation is 1. The van der Waals surface area contributed by atoms with Gasteiger partial charge in [0.25, 0.3) is 5.91 Å². The number of amides is 3. The van der Waals surface area contributed by atoms with Gasteiger partial charge < -0.3 is 15.1 Å². The Kier molecular flexibility index (Phi) is 8.79. The van der Waals surface area contributed by atoms with Crippen LogP contribution in [0, 0.1) is 0 Å². The van der Waals surface area contributed by atoms with Crippen LogP contribution in [0.4, 0.5) is 0 Å². The normalized spacial score (nSPS) is 10.5. The fourth-order valence-electron chi connectivity index (χ4n) is 3.38. The average Bonchev–Trinajstić information content (AvgIpc) is 3.34. The standard InChI is InChI=1S/C25H27N3O5/c29-18-28(32)16-21-12-5-4-8-19(21)9-6-7-13-24(30)26-17-27-25(31)23-15-14-22(33-23)20-10-2-1-3-11-20/h1-5,8,10-12,14-15,18,32H,6-7,9,13,16-17H2,(H,26,30)(H,27,31). The number of nitrogens with zero attached hydrogens (tertiary/aromatic N) is 1. The first-order chi connectivity index (χ1) is 16.1. The van der Waals surface area contributed by atoms with E-state index in [1.54, 1.807) is 12.1 Å².